The molecule has 0 aromatic heterocycles. The summed E-state index contributed by atoms with van der Waals surface area (Å²) in [6.45, 7) is 10.1. The molecule has 0 saturated carbocycles. The molecule has 7 heteroatoms. The lowest BCUT2D eigenvalue weighted by atomic mass is 10.2. The summed E-state index contributed by atoms with van der Waals surface area (Å²) >= 11 is 0. The average molecular weight is 349 g/mol. The van der Waals surface area contributed by atoms with E-state index in [0.29, 0.717) is 17.8 Å². The van der Waals surface area contributed by atoms with Crippen molar-refractivity contribution >= 4 is 17.7 Å². The molecular weight excluding hydrogens is 322 g/mol. The summed E-state index contributed by atoms with van der Waals surface area (Å²) in [4.78, 5) is 26.1. The lowest BCUT2D eigenvalue weighted by Crippen LogP contribution is -2.41. The first-order chi connectivity index (χ1) is 11.8. The zero-order chi connectivity index (χ0) is 18.3. The highest BCUT2D eigenvalue weighted by Crippen LogP contribution is 2.13. The van der Waals surface area contributed by atoms with E-state index < -0.39 is 11.7 Å². The lowest BCUT2D eigenvalue weighted by molar-refractivity contribution is 0.0383. The Kier molecular flexibility index (Phi) is 6.78. The van der Waals surface area contributed by atoms with E-state index in [1.165, 1.54) is 0 Å². The van der Waals surface area contributed by atoms with Crippen LogP contribution in [0.15, 0.2) is 24.3 Å². The fraction of sp³-hybridized carbons (Fsp3) is 0.556. The maximum atomic E-state index is 12.1. The fourth-order valence-corrected chi connectivity index (χ4v) is 2.38. The van der Waals surface area contributed by atoms with Crippen molar-refractivity contribution in [3.05, 3.63) is 29.8 Å². The third-order valence-electron chi connectivity index (χ3n) is 3.61. The van der Waals surface area contributed by atoms with Gasteiger partial charge in [0, 0.05) is 37.4 Å². The minimum absolute atomic E-state index is 0.128. The molecule has 2 N–H and O–H groups in total. The van der Waals surface area contributed by atoms with Crippen molar-refractivity contribution in [3.8, 4) is 0 Å². The van der Waals surface area contributed by atoms with Crippen LogP contribution in [-0.2, 0) is 9.47 Å². The van der Waals surface area contributed by atoms with Crippen molar-refractivity contribution < 1.29 is 19.1 Å². The fourth-order valence-electron chi connectivity index (χ4n) is 2.38. The summed E-state index contributed by atoms with van der Waals surface area (Å²) in [5.74, 6) is -0.128. The summed E-state index contributed by atoms with van der Waals surface area (Å²) in [7, 11) is 0. The van der Waals surface area contributed by atoms with Gasteiger partial charge in [-0.1, -0.05) is 0 Å². The summed E-state index contributed by atoms with van der Waals surface area (Å²) in [5.41, 5.74) is 0.584. The van der Waals surface area contributed by atoms with Crippen LogP contribution in [0.3, 0.4) is 0 Å². The van der Waals surface area contributed by atoms with Crippen LogP contribution < -0.4 is 10.6 Å². The second-order valence-corrected chi connectivity index (χ2v) is 6.91. The number of carbonyl (C=O) groups excluding carboxylic acids is 2. The number of anilines is 1. The highest BCUT2D eigenvalue weighted by Gasteiger charge is 2.16. The Morgan fingerprint density at radius 1 is 1.16 bits per heavy atom. The Morgan fingerprint density at radius 3 is 2.40 bits per heavy atom. The highest BCUT2D eigenvalue weighted by molar-refractivity contribution is 5.95. The predicted molar refractivity (Wildman–Crippen MR) is 95.9 cm³/mol. The predicted octanol–water partition coefficient (Wildman–Crippen LogP) is 2.10. The zero-order valence-corrected chi connectivity index (χ0v) is 15.1. The van der Waals surface area contributed by atoms with E-state index in [0.717, 1.165) is 32.8 Å². The van der Waals surface area contributed by atoms with Gasteiger partial charge >= 0.3 is 6.09 Å². The molecule has 1 heterocycles. The highest BCUT2D eigenvalue weighted by atomic mass is 16.6. The van der Waals surface area contributed by atoms with Gasteiger partial charge in [-0.2, -0.15) is 0 Å². The molecule has 1 aliphatic rings. The number of amides is 2. The summed E-state index contributed by atoms with van der Waals surface area (Å²) in [6, 6.07) is 6.72. The minimum Gasteiger partial charge on any atom is -0.444 e. The van der Waals surface area contributed by atoms with Crippen molar-refractivity contribution in [2.75, 3.05) is 44.7 Å². The van der Waals surface area contributed by atoms with Crippen LogP contribution in [-0.4, -0.2) is 61.9 Å². The second kappa shape index (κ2) is 8.82. The Labute approximate surface area is 148 Å². The van der Waals surface area contributed by atoms with E-state index in [1.54, 1.807) is 45.0 Å². The second-order valence-electron chi connectivity index (χ2n) is 6.91. The van der Waals surface area contributed by atoms with Gasteiger partial charge in [0.25, 0.3) is 5.91 Å². The molecule has 0 radical (unpaired) electrons. The van der Waals surface area contributed by atoms with E-state index in [4.69, 9.17) is 9.47 Å². The molecule has 1 saturated heterocycles. The van der Waals surface area contributed by atoms with Crippen molar-refractivity contribution in [2.45, 2.75) is 26.4 Å². The Bertz CT molecular complexity index is 575. The van der Waals surface area contributed by atoms with Crippen molar-refractivity contribution in [1.82, 2.24) is 10.2 Å². The van der Waals surface area contributed by atoms with Crippen molar-refractivity contribution in [3.63, 3.8) is 0 Å². The van der Waals surface area contributed by atoms with Crippen molar-refractivity contribution in [2.24, 2.45) is 0 Å². The van der Waals surface area contributed by atoms with Gasteiger partial charge in [-0.15, -0.1) is 0 Å². The molecule has 0 spiro atoms. The average Bonchev–Trinajstić information content (AvgIpc) is 2.54. The molecule has 1 aromatic rings. The molecular formula is C18H27N3O4. The normalized spacial score (nSPS) is 15.5. The van der Waals surface area contributed by atoms with Crippen LogP contribution in [0.1, 0.15) is 31.1 Å². The number of benzene rings is 1. The monoisotopic (exact) mass is 349 g/mol. The van der Waals surface area contributed by atoms with E-state index in [-0.39, 0.29) is 5.91 Å². The number of hydrogen-bond acceptors (Lipinski definition) is 5. The van der Waals surface area contributed by atoms with Gasteiger partial charge in [0.15, 0.2) is 0 Å². The molecule has 7 nitrogen and oxygen atoms in total. The first-order valence-corrected chi connectivity index (χ1v) is 8.52. The molecule has 138 valence electrons. The van der Waals surface area contributed by atoms with Gasteiger partial charge in [-0.05, 0) is 45.0 Å². The number of hydrogen-bond donors (Lipinski definition) is 2. The molecule has 1 aliphatic heterocycles. The molecule has 2 amide bonds. The van der Waals surface area contributed by atoms with Gasteiger partial charge in [0.1, 0.15) is 5.60 Å². The lowest BCUT2D eigenvalue weighted by Gasteiger charge is -2.26. The van der Waals surface area contributed by atoms with Crippen LogP contribution in [0, 0.1) is 0 Å². The van der Waals surface area contributed by atoms with Gasteiger partial charge in [-0.3, -0.25) is 15.0 Å². The van der Waals surface area contributed by atoms with E-state index in [1.807, 2.05) is 0 Å². The van der Waals surface area contributed by atoms with Crippen LogP contribution >= 0.6 is 0 Å². The van der Waals surface area contributed by atoms with Crippen molar-refractivity contribution in [1.29, 1.82) is 0 Å². The minimum atomic E-state index is -0.551. The zero-order valence-electron chi connectivity index (χ0n) is 15.1. The van der Waals surface area contributed by atoms with E-state index in [9.17, 15) is 9.59 Å². The topological polar surface area (TPSA) is 79.9 Å². The van der Waals surface area contributed by atoms with Crippen LogP contribution in [0.4, 0.5) is 10.5 Å². The maximum Gasteiger partial charge on any atom is 0.412 e. The molecule has 0 unspecified atom stereocenters. The Morgan fingerprint density at radius 2 is 1.80 bits per heavy atom. The van der Waals surface area contributed by atoms with Crippen LogP contribution in [0.5, 0.6) is 0 Å². The van der Waals surface area contributed by atoms with E-state index >= 15 is 0 Å². The molecule has 0 bridgehead atoms. The Balaban J connectivity index is 1.76. The first-order valence-electron chi connectivity index (χ1n) is 8.52. The largest absolute Gasteiger partial charge is 0.444 e. The quantitative estimate of drug-likeness (QED) is 0.851. The Hall–Kier alpha value is -2.12. The summed E-state index contributed by atoms with van der Waals surface area (Å²) < 4.78 is 10.5. The number of nitrogens with zero attached hydrogens (tertiary/aromatic N) is 1. The number of rotatable bonds is 5. The van der Waals surface area contributed by atoms with Crippen LogP contribution in [0.2, 0.25) is 0 Å². The molecule has 0 atom stereocenters. The maximum absolute atomic E-state index is 12.1. The standard InChI is InChI=1S/C18H27N3O4/c1-18(2,3)25-17(23)20-15-6-4-14(5-7-15)16(22)19-8-9-21-10-12-24-13-11-21/h4-7H,8-13H2,1-3H3,(H,19,22)(H,20,23). The smallest absolute Gasteiger partial charge is 0.412 e. The number of carbonyl (C=O) groups is 2. The van der Waals surface area contributed by atoms with Gasteiger partial charge in [0.2, 0.25) is 0 Å². The summed E-state index contributed by atoms with van der Waals surface area (Å²) in [6.07, 6.45) is -0.518. The van der Waals surface area contributed by atoms with Crippen LogP contribution in [0.25, 0.3) is 0 Å². The molecule has 2 rings (SSSR count). The molecule has 1 aromatic carbocycles. The SMILES string of the molecule is CC(C)(C)OC(=O)Nc1ccc(C(=O)NCCN2CCOCC2)cc1. The third-order valence-corrected chi connectivity index (χ3v) is 3.61. The third kappa shape index (κ3) is 7.11. The number of nitrogens with one attached hydrogen (secondary N) is 2. The molecule has 0 aliphatic carbocycles. The summed E-state index contributed by atoms with van der Waals surface area (Å²) in [5, 5.41) is 5.54. The molecule has 25 heavy (non-hydrogen) atoms. The van der Waals surface area contributed by atoms with Gasteiger partial charge in [-0.25, -0.2) is 4.79 Å². The number of morpholine rings is 1. The van der Waals surface area contributed by atoms with Gasteiger partial charge in [0.05, 0.1) is 13.2 Å². The van der Waals surface area contributed by atoms with E-state index in [2.05, 4.69) is 15.5 Å². The molecule has 1 fully saturated rings. The number of ether oxygens (including phenoxy) is 2. The first kappa shape index (κ1) is 19.2. The van der Waals surface area contributed by atoms with Gasteiger partial charge < -0.3 is 14.8 Å².